The zero-order chi connectivity index (χ0) is 18.3. The van der Waals surface area contributed by atoms with Crippen LogP contribution < -0.4 is 0 Å². The van der Waals surface area contributed by atoms with Crippen molar-refractivity contribution in [3.8, 4) is 0 Å². The first kappa shape index (κ1) is 17.2. The number of imidazole rings is 1. The van der Waals surface area contributed by atoms with Crippen molar-refractivity contribution in [3.63, 3.8) is 0 Å². The van der Waals surface area contributed by atoms with E-state index in [9.17, 15) is 4.79 Å². The Morgan fingerprint density at radius 2 is 2.00 bits per heavy atom. The SMILES string of the molecule is Cc1nc(C2CC2)ncc1C(=O)N1CCC[C@@H](c2nccn2C(C)C)C1. The lowest BCUT2D eigenvalue weighted by molar-refractivity contribution is 0.0701. The predicted molar refractivity (Wildman–Crippen MR) is 99.2 cm³/mol. The van der Waals surface area contributed by atoms with Gasteiger partial charge in [-0.15, -0.1) is 0 Å². The third kappa shape index (κ3) is 3.24. The van der Waals surface area contributed by atoms with Crippen molar-refractivity contribution < 1.29 is 4.79 Å². The van der Waals surface area contributed by atoms with Gasteiger partial charge in [0.15, 0.2) is 0 Å². The fourth-order valence-corrected chi connectivity index (χ4v) is 3.85. The third-order valence-electron chi connectivity index (χ3n) is 5.50. The highest BCUT2D eigenvalue weighted by atomic mass is 16.2. The summed E-state index contributed by atoms with van der Waals surface area (Å²) in [7, 11) is 0. The van der Waals surface area contributed by atoms with Crippen molar-refractivity contribution in [1.82, 2.24) is 24.4 Å². The van der Waals surface area contributed by atoms with E-state index in [1.165, 1.54) is 12.8 Å². The Morgan fingerprint density at radius 1 is 1.19 bits per heavy atom. The van der Waals surface area contributed by atoms with Crippen molar-refractivity contribution in [2.75, 3.05) is 13.1 Å². The van der Waals surface area contributed by atoms with E-state index in [4.69, 9.17) is 0 Å². The first-order valence-corrected chi connectivity index (χ1v) is 9.70. The van der Waals surface area contributed by atoms with E-state index in [0.717, 1.165) is 36.7 Å². The van der Waals surface area contributed by atoms with Gasteiger partial charge in [-0.25, -0.2) is 15.0 Å². The standard InChI is InChI=1S/C20H27N5O/c1-13(2)25-10-8-21-19(25)16-5-4-9-24(12-16)20(26)17-11-22-18(15-6-7-15)23-14(17)3/h8,10-11,13,15-16H,4-7,9,12H2,1-3H3/t16-/m1/s1. The molecular weight excluding hydrogens is 326 g/mol. The fraction of sp³-hybridized carbons (Fsp3) is 0.600. The molecule has 2 fully saturated rings. The van der Waals surface area contributed by atoms with Gasteiger partial charge in [0.25, 0.3) is 5.91 Å². The van der Waals surface area contributed by atoms with Gasteiger partial charge in [0.05, 0.1) is 11.3 Å². The number of amides is 1. The van der Waals surface area contributed by atoms with Gasteiger partial charge in [-0.05, 0) is 46.5 Å². The van der Waals surface area contributed by atoms with Gasteiger partial charge in [-0.2, -0.15) is 0 Å². The minimum Gasteiger partial charge on any atom is -0.338 e. The molecule has 2 aromatic heterocycles. The highest BCUT2D eigenvalue weighted by Gasteiger charge is 2.31. The summed E-state index contributed by atoms with van der Waals surface area (Å²) in [5, 5.41) is 0. The fourth-order valence-electron chi connectivity index (χ4n) is 3.85. The van der Waals surface area contributed by atoms with Gasteiger partial charge in [-0.3, -0.25) is 4.79 Å². The number of hydrogen-bond acceptors (Lipinski definition) is 4. The van der Waals surface area contributed by atoms with Gasteiger partial charge >= 0.3 is 0 Å². The van der Waals surface area contributed by atoms with Gasteiger partial charge < -0.3 is 9.47 Å². The van der Waals surface area contributed by atoms with E-state index in [2.05, 4.69) is 33.4 Å². The number of piperidine rings is 1. The van der Waals surface area contributed by atoms with Crippen LogP contribution in [0.25, 0.3) is 0 Å². The van der Waals surface area contributed by atoms with Crippen LogP contribution in [0.2, 0.25) is 0 Å². The molecule has 1 saturated heterocycles. The zero-order valence-corrected chi connectivity index (χ0v) is 15.9. The van der Waals surface area contributed by atoms with Crippen molar-refractivity contribution >= 4 is 5.91 Å². The largest absolute Gasteiger partial charge is 0.338 e. The molecule has 1 atom stereocenters. The Hall–Kier alpha value is -2.24. The summed E-state index contributed by atoms with van der Waals surface area (Å²) in [6.45, 7) is 7.76. The molecule has 2 aromatic rings. The molecule has 1 amide bonds. The summed E-state index contributed by atoms with van der Waals surface area (Å²) >= 11 is 0. The minimum absolute atomic E-state index is 0.0530. The molecule has 0 N–H and O–H groups in total. The lowest BCUT2D eigenvalue weighted by atomic mass is 9.96. The van der Waals surface area contributed by atoms with Crippen LogP contribution in [-0.4, -0.2) is 43.4 Å². The first-order valence-electron chi connectivity index (χ1n) is 9.70. The summed E-state index contributed by atoms with van der Waals surface area (Å²) in [5.41, 5.74) is 1.44. The first-order chi connectivity index (χ1) is 12.5. The molecule has 4 rings (SSSR count). The molecule has 6 nitrogen and oxygen atoms in total. The maximum absolute atomic E-state index is 13.1. The summed E-state index contributed by atoms with van der Waals surface area (Å²) in [5.74, 6) is 2.84. The Labute approximate surface area is 154 Å². The van der Waals surface area contributed by atoms with Crippen molar-refractivity contribution in [1.29, 1.82) is 0 Å². The molecule has 0 unspecified atom stereocenters. The smallest absolute Gasteiger partial charge is 0.257 e. The number of carbonyl (C=O) groups excluding carboxylic acids is 1. The number of carbonyl (C=O) groups is 1. The molecule has 0 bridgehead atoms. The molecule has 1 aliphatic carbocycles. The van der Waals surface area contributed by atoms with Crippen LogP contribution in [0.1, 0.15) is 85.1 Å². The van der Waals surface area contributed by atoms with E-state index in [1.807, 2.05) is 24.2 Å². The number of nitrogens with zero attached hydrogens (tertiary/aromatic N) is 5. The molecule has 6 heteroatoms. The second kappa shape index (κ2) is 6.82. The topological polar surface area (TPSA) is 63.9 Å². The highest BCUT2D eigenvalue weighted by Crippen LogP contribution is 2.38. The lowest BCUT2D eigenvalue weighted by Crippen LogP contribution is -2.40. The highest BCUT2D eigenvalue weighted by molar-refractivity contribution is 5.95. The Balaban J connectivity index is 1.52. The van der Waals surface area contributed by atoms with Crippen molar-refractivity contribution in [3.05, 3.63) is 41.5 Å². The molecule has 0 aromatic carbocycles. The monoisotopic (exact) mass is 353 g/mol. The van der Waals surface area contributed by atoms with Crippen LogP contribution in [0.4, 0.5) is 0 Å². The quantitative estimate of drug-likeness (QED) is 0.844. The Morgan fingerprint density at radius 3 is 2.69 bits per heavy atom. The summed E-state index contributed by atoms with van der Waals surface area (Å²) < 4.78 is 2.22. The van der Waals surface area contributed by atoms with Crippen LogP contribution in [0, 0.1) is 6.92 Å². The zero-order valence-electron chi connectivity index (χ0n) is 15.9. The Bertz CT molecular complexity index is 808. The number of likely N-dealkylation sites (tertiary alicyclic amines) is 1. The van der Waals surface area contributed by atoms with Gasteiger partial charge in [0.1, 0.15) is 11.6 Å². The number of aromatic nitrogens is 4. The number of hydrogen-bond donors (Lipinski definition) is 0. The van der Waals surface area contributed by atoms with E-state index in [0.29, 0.717) is 24.1 Å². The molecule has 0 radical (unpaired) electrons. The van der Waals surface area contributed by atoms with Crippen molar-refractivity contribution in [2.24, 2.45) is 0 Å². The van der Waals surface area contributed by atoms with Crippen LogP contribution in [-0.2, 0) is 0 Å². The molecule has 138 valence electrons. The molecule has 1 aliphatic heterocycles. The molecule has 3 heterocycles. The van der Waals surface area contributed by atoms with E-state index in [-0.39, 0.29) is 11.8 Å². The summed E-state index contributed by atoms with van der Waals surface area (Å²) in [4.78, 5) is 28.6. The lowest BCUT2D eigenvalue weighted by Gasteiger charge is -2.33. The Kier molecular flexibility index (Phi) is 4.51. The van der Waals surface area contributed by atoms with Gasteiger partial charge in [0.2, 0.25) is 0 Å². The van der Waals surface area contributed by atoms with E-state index in [1.54, 1.807) is 6.20 Å². The summed E-state index contributed by atoms with van der Waals surface area (Å²) in [6.07, 6.45) is 10.0. The minimum atomic E-state index is 0.0530. The predicted octanol–water partition coefficient (Wildman–Crippen LogP) is 3.46. The van der Waals surface area contributed by atoms with E-state index >= 15 is 0 Å². The van der Waals surface area contributed by atoms with Crippen molar-refractivity contribution in [2.45, 2.75) is 64.3 Å². The van der Waals surface area contributed by atoms with Crippen LogP contribution in [0.15, 0.2) is 18.6 Å². The van der Waals surface area contributed by atoms with Crippen LogP contribution in [0.5, 0.6) is 0 Å². The second-order valence-electron chi connectivity index (χ2n) is 7.88. The van der Waals surface area contributed by atoms with Gasteiger partial charge in [0, 0.05) is 49.6 Å². The molecular formula is C20H27N5O. The average Bonchev–Trinajstić information content (AvgIpc) is 3.37. The van der Waals surface area contributed by atoms with E-state index < -0.39 is 0 Å². The van der Waals surface area contributed by atoms with Crippen LogP contribution >= 0.6 is 0 Å². The van der Waals surface area contributed by atoms with Crippen LogP contribution in [0.3, 0.4) is 0 Å². The molecule has 0 spiro atoms. The number of aryl methyl sites for hydroxylation is 1. The molecule has 2 aliphatic rings. The normalized spacial score (nSPS) is 20.6. The molecule has 26 heavy (non-hydrogen) atoms. The average molecular weight is 353 g/mol. The maximum Gasteiger partial charge on any atom is 0.257 e. The molecule has 1 saturated carbocycles. The number of rotatable bonds is 4. The maximum atomic E-state index is 13.1. The summed E-state index contributed by atoms with van der Waals surface area (Å²) in [6, 6.07) is 0.379. The van der Waals surface area contributed by atoms with Gasteiger partial charge in [-0.1, -0.05) is 0 Å². The second-order valence-corrected chi connectivity index (χ2v) is 7.88. The third-order valence-corrected chi connectivity index (χ3v) is 5.50.